The summed E-state index contributed by atoms with van der Waals surface area (Å²) in [7, 11) is -5.49. The zero-order valence-corrected chi connectivity index (χ0v) is 19.2. The summed E-state index contributed by atoms with van der Waals surface area (Å²) >= 11 is 3.55. The Morgan fingerprint density at radius 3 is 2.39 bits per heavy atom. The highest BCUT2D eigenvalue weighted by atomic mass is 79.9. The molecule has 0 aliphatic rings. The maximum Gasteiger partial charge on any atom is 0.268 e. The summed E-state index contributed by atoms with van der Waals surface area (Å²) in [5.41, 5.74) is 2.42. The Morgan fingerprint density at radius 1 is 0.935 bits per heavy atom. The number of H-pyrrole nitrogens is 1. The molecule has 0 saturated heterocycles. The number of benzene rings is 3. The third-order valence-electron chi connectivity index (χ3n) is 4.99. The summed E-state index contributed by atoms with van der Waals surface area (Å²) in [6, 6.07) is 22.9. The number of rotatable bonds is 5. The van der Waals surface area contributed by atoms with Crippen LogP contribution in [0.3, 0.4) is 0 Å². The molecule has 0 fully saturated rings. The van der Waals surface area contributed by atoms with Crippen LogP contribution < -0.4 is 0 Å². The van der Waals surface area contributed by atoms with Gasteiger partial charge >= 0.3 is 0 Å². The topological polar surface area (TPSA) is 84.8 Å². The largest absolute Gasteiger partial charge is 0.331 e. The van der Waals surface area contributed by atoms with Gasteiger partial charge in [0.1, 0.15) is 0 Å². The Bertz CT molecular complexity index is 1520. The van der Waals surface area contributed by atoms with Crippen LogP contribution in [0.2, 0.25) is 0 Å². The normalized spacial score (nSPS) is 13.1. The van der Waals surface area contributed by atoms with Crippen LogP contribution in [-0.2, 0) is 26.6 Å². The number of hydrogen-bond donors (Lipinski definition) is 1. The zero-order valence-electron chi connectivity index (χ0n) is 16.0. The monoisotopic (exact) mass is 513 g/mol. The van der Waals surface area contributed by atoms with Crippen LogP contribution in [0, 0.1) is 0 Å². The number of hydrogen-bond acceptors (Lipinski definition) is 4. The van der Waals surface area contributed by atoms with E-state index in [2.05, 4.69) is 25.9 Å². The quantitative estimate of drug-likeness (QED) is 0.364. The van der Waals surface area contributed by atoms with Crippen molar-refractivity contribution in [1.29, 1.82) is 0 Å². The van der Waals surface area contributed by atoms with Gasteiger partial charge in [-0.3, -0.25) is 4.21 Å². The average molecular weight is 514 g/mol. The van der Waals surface area contributed by atoms with Crippen molar-refractivity contribution in [2.45, 2.75) is 15.8 Å². The Labute approximate surface area is 189 Å². The summed E-state index contributed by atoms with van der Waals surface area (Å²) in [5.74, 6) is -0.0266. The maximum atomic E-state index is 13.6. The van der Waals surface area contributed by atoms with E-state index in [1.807, 2.05) is 36.4 Å². The van der Waals surface area contributed by atoms with E-state index in [4.69, 9.17) is 0 Å². The minimum Gasteiger partial charge on any atom is -0.331 e. The van der Waals surface area contributed by atoms with Gasteiger partial charge in [-0.2, -0.15) is 0 Å². The summed E-state index contributed by atoms with van der Waals surface area (Å²) in [4.78, 5) is 7.65. The summed E-state index contributed by atoms with van der Waals surface area (Å²) < 4.78 is 42.2. The van der Waals surface area contributed by atoms with Crippen molar-refractivity contribution >= 4 is 58.7 Å². The predicted octanol–water partition coefficient (Wildman–Crippen LogP) is 4.82. The lowest BCUT2D eigenvalue weighted by atomic mass is 10.2. The first-order chi connectivity index (χ1) is 15.0. The number of para-hydroxylation sites is 3. The lowest BCUT2D eigenvalue weighted by molar-refractivity contribution is 0.587. The van der Waals surface area contributed by atoms with Gasteiger partial charge in [-0.15, -0.1) is 0 Å². The fourth-order valence-electron chi connectivity index (χ4n) is 3.55. The van der Waals surface area contributed by atoms with Crippen LogP contribution in [0.4, 0.5) is 0 Å². The highest BCUT2D eigenvalue weighted by molar-refractivity contribution is 9.10. The Kier molecular flexibility index (Phi) is 5.04. The minimum absolute atomic E-state index is 0.0266. The second-order valence-corrected chi connectivity index (χ2v) is 10.9. The molecule has 5 rings (SSSR count). The van der Waals surface area contributed by atoms with Crippen molar-refractivity contribution in [2.75, 3.05) is 0 Å². The molecule has 1 atom stereocenters. The molecule has 0 spiro atoms. The molecule has 1 unspecified atom stereocenters. The maximum absolute atomic E-state index is 13.6. The molecule has 3 aromatic carbocycles. The van der Waals surface area contributed by atoms with Crippen molar-refractivity contribution in [3.05, 3.63) is 89.0 Å². The molecule has 0 bridgehead atoms. The first-order valence-electron chi connectivity index (χ1n) is 9.38. The Balaban J connectivity index is 1.67. The molecule has 2 aromatic heterocycles. The third-order valence-corrected chi connectivity index (χ3v) is 8.80. The Hall–Kier alpha value is -2.75. The third kappa shape index (κ3) is 3.42. The first kappa shape index (κ1) is 20.2. The van der Waals surface area contributed by atoms with Crippen molar-refractivity contribution < 1.29 is 12.6 Å². The van der Waals surface area contributed by atoms with E-state index >= 15 is 0 Å². The molecule has 9 heteroatoms. The van der Waals surface area contributed by atoms with Crippen LogP contribution in [0.1, 0.15) is 5.69 Å². The van der Waals surface area contributed by atoms with E-state index in [0.717, 1.165) is 10.9 Å². The van der Waals surface area contributed by atoms with Gasteiger partial charge in [-0.05, 0) is 46.3 Å². The molecule has 1 N–H and O–H groups in total. The standard InChI is InChI=1S/C22H16BrN3O3S2/c23-21-16-10-4-7-13-19(16)26(31(28,29)15-8-2-1-3-9-15)20(21)14-30(27)22-24-17-11-5-6-12-18(17)25-22/h1-13H,14H2,(H,24,25). The van der Waals surface area contributed by atoms with Gasteiger partial charge in [0, 0.05) is 9.86 Å². The van der Waals surface area contributed by atoms with Crippen LogP contribution in [-0.4, -0.2) is 26.6 Å². The van der Waals surface area contributed by atoms with E-state index in [1.54, 1.807) is 42.5 Å². The smallest absolute Gasteiger partial charge is 0.268 e. The summed E-state index contributed by atoms with van der Waals surface area (Å²) in [5, 5.41) is 1.04. The number of nitrogens with one attached hydrogen (secondary N) is 1. The molecular formula is C22H16BrN3O3S2. The van der Waals surface area contributed by atoms with Crippen molar-refractivity contribution in [1.82, 2.24) is 13.9 Å². The lowest BCUT2D eigenvalue weighted by Crippen LogP contribution is -2.17. The molecule has 6 nitrogen and oxygen atoms in total. The van der Waals surface area contributed by atoms with Crippen molar-refractivity contribution in [2.24, 2.45) is 0 Å². The van der Waals surface area contributed by atoms with Crippen LogP contribution in [0.5, 0.6) is 0 Å². The molecule has 0 saturated carbocycles. The first-order valence-corrected chi connectivity index (χ1v) is 12.9. The zero-order chi connectivity index (χ0) is 21.6. The van der Waals surface area contributed by atoms with Crippen LogP contribution >= 0.6 is 15.9 Å². The minimum atomic E-state index is -3.91. The van der Waals surface area contributed by atoms with E-state index in [9.17, 15) is 12.6 Å². The molecule has 0 amide bonds. The lowest BCUT2D eigenvalue weighted by Gasteiger charge is -2.12. The molecule has 0 radical (unpaired) electrons. The van der Waals surface area contributed by atoms with Gasteiger partial charge in [0.15, 0.2) is 5.16 Å². The molecule has 2 heterocycles. The van der Waals surface area contributed by atoms with Gasteiger partial charge in [0.25, 0.3) is 10.0 Å². The van der Waals surface area contributed by atoms with Crippen molar-refractivity contribution in [3.8, 4) is 0 Å². The Morgan fingerprint density at radius 2 is 1.61 bits per heavy atom. The fraction of sp³-hybridized carbons (Fsp3) is 0.0455. The SMILES string of the molecule is O=S(Cc1c(Br)c2ccccc2n1S(=O)(=O)c1ccccc1)c1nc2ccccc2[nH]1. The van der Waals surface area contributed by atoms with Crippen LogP contribution in [0.15, 0.2) is 93.4 Å². The molecule has 156 valence electrons. The van der Waals surface area contributed by atoms with Gasteiger partial charge in [0.2, 0.25) is 0 Å². The average Bonchev–Trinajstić information content (AvgIpc) is 3.34. The molecule has 5 aromatic rings. The molecule has 0 aliphatic heterocycles. The number of fused-ring (bicyclic) bond motifs is 2. The van der Waals surface area contributed by atoms with E-state index in [1.165, 1.54) is 3.97 Å². The second kappa shape index (κ2) is 7.74. The van der Waals surface area contributed by atoms with Gasteiger partial charge < -0.3 is 4.98 Å². The number of aromatic amines is 1. The second-order valence-electron chi connectivity index (χ2n) is 6.91. The van der Waals surface area contributed by atoms with E-state index < -0.39 is 20.8 Å². The van der Waals surface area contributed by atoms with Crippen LogP contribution in [0.25, 0.3) is 21.9 Å². The highest BCUT2D eigenvalue weighted by Crippen LogP contribution is 2.35. The number of aromatic nitrogens is 3. The summed E-state index contributed by atoms with van der Waals surface area (Å²) in [6.45, 7) is 0. The predicted molar refractivity (Wildman–Crippen MR) is 125 cm³/mol. The summed E-state index contributed by atoms with van der Waals surface area (Å²) in [6.07, 6.45) is 0. The molecule has 31 heavy (non-hydrogen) atoms. The number of nitrogens with zero attached hydrogens (tertiary/aromatic N) is 2. The molecule has 0 aliphatic carbocycles. The van der Waals surface area contributed by atoms with Gasteiger partial charge in [-0.1, -0.05) is 48.5 Å². The highest BCUT2D eigenvalue weighted by Gasteiger charge is 2.27. The van der Waals surface area contributed by atoms with Gasteiger partial charge in [-0.25, -0.2) is 17.4 Å². The van der Waals surface area contributed by atoms with Crippen molar-refractivity contribution in [3.63, 3.8) is 0 Å². The number of halogens is 1. The van der Waals surface area contributed by atoms with E-state index in [0.29, 0.717) is 26.4 Å². The number of imidazole rings is 1. The fourth-order valence-corrected chi connectivity index (χ4v) is 7.25. The van der Waals surface area contributed by atoms with Gasteiger partial charge in [0.05, 0.1) is 43.7 Å². The molecular weight excluding hydrogens is 498 g/mol. The van der Waals surface area contributed by atoms with E-state index in [-0.39, 0.29) is 10.6 Å².